The van der Waals surface area contributed by atoms with E-state index in [4.69, 9.17) is 34.0 Å². The van der Waals surface area contributed by atoms with Crippen molar-refractivity contribution in [1.82, 2.24) is 5.01 Å². The standard InChI is InChI=1S/C20H21Cl2N3O/c1-3-4-19(26)25-12(2)9-14-10-17(21)18(22)11-16(14)20(24-25)13-5-7-15(23)8-6-13/h5-8,10-12H,3-4,9,23H2,1-2H3. The van der Waals surface area contributed by atoms with Gasteiger partial charge < -0.3 is 5.73 Å². The lowest BCUT2D eigenvalue weighted by atomic mass is 9.94. The summed E-state index contributed by atoms with van der Waals surface area (Å²) in [5.41, 5.74) is 9.98. The Morgan fingerprint density at radius 3 is 2.54 bits per heavy atom. The van der Waals surface area contributed by atoms with Crippen LogP contribution in [-0.2, 0) is 11.2 Å². The molecule has 2 aromatic carbocycles. The zero-order valence-corrected chi connectivity index (χ0v) is 16.3. The lowest BCUT2D eigenvalue weighted by molar-refractivity contribution is -0.133. The predicted octanol–water partition coefficient (Wildman–Crippen LogP) is 4.90. The molecule has 2 aromatic rings. The van der Waals surface area contributed by atoms with Crippen LogP contribution in [0, 0.1) is 0 Å². The van der Waals surface area contributed by atoms with Gasteiger partial charge in [-0.1, -0.05) is 42.3 Å². The molecule has 1 aliphatic rings. The first kappa shape index (κ1) is 18.7. The second-order valence-electron chi connectivity index (χ2n) is 6.54. The summed E-state index contributed by atoms with van der Waals surface area (Å²) < 4.78 is 0. The zero-order valence-electron chi connectivity index (χ0n) is 14.8. The molecule has 1 unspecified atom stereocenters. The fourth-order valence-electron chi connectivity index (χ4n) is 3.13. The Morgan fingerprint density at radius 1 is 1.23 bits per heavy atom. The maximum absolute atomic E-state index is 12.6. The van der Waals surface area contributed by atoms with Crippen molar-refractivity contribution < 1.29 is 4.79 Å². The van der Waals surface area contributed by atoms with Crippen molar-refractivity contribution in [2.75, 3.05) is 5.73 Å². The van der Waals surface area contributed by atoms with Crippen LogP contribution in [-0.4, -0.2) is 22.7 Å². The van der Waals surface area contributed by atoms with Crippen molar-refractivity contribution in [3.05, 3.63) is 63.1 Å². The molecule has 3 rings (SSSR count). The minimum atomic E-state index is -0.0728. The third kappa shape index (κ3) is 3.71. The van der Waals surface area contributed by atoms with Gasteiger partial charge in [-0.05, 0) is 49.6 Å². The Bertz CT molecular complexity index is 862. The minimum absolute atomic E-state index is 0.0120. The van der Waals surface area contributed by atoms with E-state index in [9.17, 15) is 4.79 Å². The molecule has 1 amide bonds. The molecule has 4 nitrogen and oxygen atoms in total. The van der Waals surface area contributed by atoms with Crippen LogP contribution in [0.15, 0.2) is 41.5 Å². The van der Waals surface area contributed by atoms with Crippen LogP contribution in [0.25, 0.3) is 0 Å². The average Bonchev–Trinajstić information content (AvgIpc) is 2.73. The summed E-state index contributed by atoms with van der Waals surface area (Å²) in [6.07, 6.45) is 1.89. The Labute approximate surface area is 163 Å². The van der Waals surface area contributed by atoms with Gasteiger partial charge in [-0.15, -0.1) is 0 Å². The second-order valence-corrected chi connectivity index (χ2v) is 7.35. The number of rotatable bonds is 3. The summed E-state index contributed by atoms with van der Waals surface area (Å²) in [5.74, 6) is 0.0120. The molecule has 1 atom stereocenters. The molecule has 2 N–H and O–H groups in total. The normalized spacial score (nSPS) is 16.7. The van der Waals surface area contributed by atoms with E-state index in [1.807, 2.05) is 50.2 Å². The van der Waals surface area contributed by atoms with Gasteiger partial charge in [0.1, 0.15) is 0 Å². The summed E-state index contributed by atoms with van der Waals surface area (Å²) in [7, 11) is 0. The van der Waals surface area contributed by atoms with Crippen molar-refractivity contribution in [2.45, 2.75) is 39.2 Å². The van der Waals surface area contributed by atoms with Crippen LogP contribution < -0.4 is 5.73 Å². The molecule has 0 radical (unpaired) electrons. The van der Waals surface area contributed by atoms with Gasteiger partial charge in [0.2, 0.25) is 5.91 Å². The van der Waals surface area contributed by atoms with Gasteiger partial charge in [0, 0.05) is 23.2 Å². The molecule has 0 saturated carbocycles. The number of amides is 1. The monoisotopic (exact) mass is 389 g/mol. The topological polar surface area (TPSA) is 58.7 Å². The number of benzene rings is 2. The molecule has 0 spiro atoms. The Balaban J connectivity index is 2.19. The predicted molar refractivity (Wildman–Crippen MR) is 108 cm³/mol. The van der Waals surface area contributed by atoms with Gasteiger partial charge >= 0.3 is 0 Å². The summed E-state index contributed by atoms with van der Waals surface area (Å²) in [4.78, 5) is 12.6. The summed E-state index contributed by atoms with van der Waals surface area (Å²) in [5, 5.41) is 7.31. The van der Waals surface area contributed by atoms with Gasteiger partial charge in [0.25, 0.3) is 0 Å². The van der Waals surface area contributed by atoms with E-state index in [-0.39, 0.29) is 11.9 Å². The number of hydrogen-bond acceptors (Lipinski definition) is 3. The van der Waals surface area contributed by atoms with Crippen LogP contribution in [0.4, 0.5) is 5.69 Å². The summed E-state index contributed by atoms with van der Waals surface area (Å²) in [6, 6.07) is 11.1. The fraction of sp³-hybridized carbons (Fsp3) is 0.300. The largest absolute Gasteiger partial charge is 0.399 e. The van der Waals surface area contributed by atoms with Crippen molar-refractivity contribution in [3.8, 4) is 0 Å². The molecule has 0 saturated heterocycles. The number of nitrogen functional groups attached to an aromatic ring is 1. The number of nitrogens with zero attached hydrogens (tertiary/aromatic N) is 2. The number of anilines is 1. The van der Waals surface area contributed by atoms with Crippen molar-refractivity contribution in [3.63, 3.8) is 0 Å². The number of carbonyl (C=O) groups excluding carboxylic acids is 1. The molecular weight excluding hydrogens is 369 g/mol. The number of hydrogen-bond donors (Lipinski definition) is 1. The van der Waals surface area contributed by atoms with Gasteiger partial charge in [0.15, 0.2) is 0 Å². The van der Waals surface area contributed by atoms with Crippen molar-refractivity contribution >= 4 is 40.5 Å². The van der Waals surface area contributed by atoms with Crippen LogP contribution >= 0.6 is 23.2 Å². The van der Waals surface area contributed by atoms with Crippen LogP contribution in [0.1, 0.15) is 43.4 Å². The first-order valence-electron chi connectivity index (χ1n) is 8.65. The van der Waals surface area contributed by atoms with E-state index in [0.717, 1.165) is 23.1 Å². The number of halogens is 2. The average molecular weight is 390 g/mol. The molecule has 26 heavy (non-hydrogen) atoms. The quantitative estimate of drug-likeness (QED) is 0.758. The first-order valence-corrected chi connectivity index (χ1v) is 9.41. The molecule has 136 valence electrons. The third-order valence-corrected chi connectivity index (χ3v) is 5.17. The minimum Gasteiger partial charge on any atom is -0.399 e. The maximum atomic E-state index is 12.6. The van der Waals surface area contributed by atoms with E-state index in [1.165, 1.54) is 0 Å². The molecular formula is C20H21Cl2N3O. The number of nitrogens with two attached hydrogens (primary N) is 1. The molecule has 1 heterocycles. The Kier molecular flexibility index (Phi) is 5.54. The highest BCUT2D eigenvalue weighted by atomic mass is 35.5. The summed E-state index contributed by atoms with van der Waals surface area (Å²) >= 11 is 12.5. The summed E-state index contributed by atoms with van der Waals surface area (Å²) in [6.45, 7) is 3.98. The lowest BCUT2D eigenvalue weighted by Gasteiger charge is -2.23. The SMILES string of the molecule is CCCC(=O)N1N=C(c2ccc(N)cc2)c2cc(Cl)c(Cl)cc2CC1C. The highest BCUT2D eigenvalue weighted by Gasteiger charge is 2.27. The fourth-order valence-corrected chi connectivity index (χ4v) is 3.48. The zero-order chi connectivity index (χ0) is 18.8. The van der Waals surface area contributed by atoms with Crippen molar-refractivity contribution in [1.29, 1.82) is 0 Å². The molecule has 0 fully saturated rings. The smallest absolute Gasteiger partial charge is 0.242 e. The first-order chi connectivity index (χ1) is 12.4. The van der Waals surface area contributed by atoms with Gasteiger partial charge in [-0.3, -0.25) is 4.79 Å². The van der Waals surface area contributed by atoms with E-state index in [0.29, 0.717) is 34.3 Å². The number of carbonyl (C=O) groups is 1. The van der Waals surface area contributed by atoms with E-state index >= 15 is 0 Å². The molecule has 0 aromatic heterocycles. The molecule has 0 aliphatic carbocycles. The highest BCUT2D eigenvalue weighted by Crippen LogP contribution is 2.31. The van der Waals surface area contributed by atoms with Crippen LogP contribution in [0.5, 0.6) is 0 Å². The highest BCUT2D eigenvalue weighted by molar-refractivity contribution is 6.42. The Morgan fingerprint density at radius 2 is 1.88 bits per heavy atom. The number of hydrazone groups is 1. The van der Waals surface area contributed by atoms with Gasteiger partial charge in [0.05, 0.1) is 21.8 Å². The maximum Gasteiger partial charge on any atom is 0.242 e. The molecule has 0 bridgehead atoms. The van der Waals surface area contributed by atoms with E-state index in [1.54, 1.807) is 5.01 Å². The van der Waals surface area contributed by atoms with E-state index in [2.05, 4.69) is 0 Å². The lowest BCUT2D eigenvalue weighted by Crippen LogP contribution is -2.35. The van der Waals surface area contributed by atoms with Gasteiger partial charge in [-0.25, -0.2) is 5.01 Å². The number of fused-ring (bicyclic) bond motifs is 1. The van der Waals surface area contributed by atoms with Crippen molar-refractivity contribution in [2.24, 2.45) is 5.10 Å². The Hall–Kier alpha value is -2.04. The molecule has 1 aliphatic heterocycles. The van der Waals surface area contributed by atoms with Crippen LogP contribution in [0.3, 0.4) is 0 Å². The second kappa shape index (κ2) is 7.68. The third-order valence-electron chi connectivity index (χ3n) is 4.45. The van der Waals surface area contributed by atoms with Crippen LogP contribution in [0.2, 0.25) is 10.0 Å². The van der Waals surface area contributed by atoms with Gasteiger partial charge in [-0.2, -0.15) is 5.10 Å². The van der Waals surface area contributed by atoms with E-state index < -0.39 is 0 Å². The molecule has 6 heteroatoms.